The summed E-state index contributed by atoms with van der Waals surface area (Å²) in [5.41, 5.74) is 1.15. The number of hydrogen-bond donors (Lipinski definition) is 1. The molecule has 0 radical (unpaired) electrons. The minimum Gasteiger partial charge on any atom is -0.495 e. The van der Waals surface area contributed by atoms with Crippen molar-refractivity contribution < 1.29 is 17.9 Å². The number of benzene rings is 1. The molecular formula is C18H26N4O4S3. The van der Waals surface area contributed by atoms with Gasteiger partial charge in [0.1, 0.15) is 11.8 Å². The number of aryl methyl sites for hydroxylation is 1. The quantitative estimate of drug-likeness (QED) is 0.454. The van der Waals surface area contributed by atoms with Gasteiger partial charge in [0.15, 0.2) is 4.34 Å². The summed E-state index contributed by atoms with van der Waals surface area (Å²) in [5.74, 6) is 1.27. The summed E-state index contributed by atoms with van der Waals surface area (Å²) >= 11 is 2.83. The van der Waals surface area contributed by atoms with Crippen molar-refractivity contribution >= 4 is 49.8 Å². The first-order chi connectivity index (χ1) is 13.5. The van der Waals surface area contributed by atoms with Crippen LogP contribution in [0.2, 0.25) is 0 Å². The molecule has 0 saturated carbocycles. The lowest BCUT2D eigenvalue weighted by atomic mass is 10.2. The SMILES string of the molecule is COc1ccc(C)cc1N([C@H](C)C(=O)Nc1nnc(SCC(C)C)s1)S(C)(=O)=O. The lowest BCUT2D eigenvalue weighted by Gasteiger charge is -2.29. The van der Waals surface area contributed by atoms with Crippen LogP contribution in [0, 0.1) is 12.8 Å². The fourth-order valence-electron chi connectivity index (χ4n) is 2.52. The number of rotatable bonds is 9. The number of nitrogens with one attached hydrogen (secondary N) is 1. The minimum atomic E-state index is -3.76. The van der Waals surface area contributed by atoms with Gasteiger partial charge in [0.05, 0.1) is 19.1 Å². The lowest BCUT2D eigenvalue weighted by molar-refractivity contribution is -0.116. The Bertz CT molecular complexity index is 960. The van der Waals surface area contributed by atoms with Crippen LogP contribution in [-0.2, 0) is 14.8 Å². The molecule has 0 spiro atoms. The van der Waals surface area contributed by atoms with Crippen LogP contribution in [0.4, 0.5) is 10.8 Å². The van der Waals surface area contributed by atoms with Crippen LogP contribution in [0.1, 0.15) is 26.3 Å². The summed E-state index contributed by atoms with van der Waals surface area (Å²) in [6.45, 7) is 7.58. The van der Waals surface area contributed by atoms with Gasteiger partial charge in [-0.25, -0.2) is 8.42 Å². The molecule has 0 aliphatic rings. The Balaban J connectivity index is 2.25. The molecule has 2 rings (SSSR count). The molecule has 0 bridgehead atoms. The zero-order chi connectivity index (χ0) is 21.8. The Morgan fingerprint density at radius 3 is 2.59 bits per heavy atom. The van der Waals surface area contributed by atoms with Crippen LogP contribution in [0.15, 0.2) is 22.5 Å². The molecule has 1 aromatic heterocycles. The number of methoxy groups -OCH3 is 1. The number of aromatic nitrogens is 2. The van der Waals surface area contributed by atoms with E-state index in [4.69, 9.17) is 4.74 Å². The number of anilines is 2. The number of carbonyl (C=O) groups excluding carboxylic acids is 1. The average Bonchev–Trinajstić information content (AvgIpc) is 3.06. The number of thioether (sulfide) groups is 1. The van der Waals surface area contributed by atoms with Crippen molar-refractivity contribution in [3.63, 3.8) is 0 Å². The van der Waals surface area contributed by atoms with Gasteiger partial charge in [-0.1, -0.05) is 43.0 Å². The van der Waals surface area contributed by atoms with Crippen molar-refractivity contribution in [1.29, 1.82) is 0 Å². The molecular weight excluding hydrogens is 432 g/mol. The molecule has 29 heavy (non-hydrogen) atoms. The maximum Gasteiger partial charge on any atom is 0.249 e. The maximum absolute atomic E-state index is 12.8. The third-order valence-electron chi connectivity index (χ3n) is 3.84. The molecule has 8 nitrogen and oxygen atoms in total. The highest BCUT2D eigenvalue weighted by Crippen LogP contribution is 2.33. The zero-order valence-electron chi connectivity index (χ0n) is 17.3. The van der Waals surface area contributed by atoms with Crippen LogP contribution in [0.3, 0.4) is 0 Å². The molecule has 1 N–H and O–H groups in total. The van der Waals surface area contributed by atoms with E-state index in [1.165, 1.54) is 25.4 Å². The Hall–Kier alpha value is -1.85. The summed E-state index contributed by atoms with van der Waals surface area (Å²) in [7, 11) is -2.31. The number of nitrogens with zero attached hydrogens (tertiary/aromatic N) is 3. The Morgan fingerprint density at radius 2 is 2.00 bits per heavy atom. The molecule has 0 aliphatic carbocycles. The molecule has 0 aliphatic heterocycles. The molecule has 1 atom stereocenters. The van der Waals surface area contributed by atoms with Crippen molar-refractivity contribution in [1.82, 2.24) is 10.2 Å². The topological polar surface area (TPSA) is 101 Å². The molecule has 0 saturated heterocycles. The first-order valence-electron chi connectivity index (χ1n) is 8.94. The predicted octanol–water partition coefficient (Wildman–Crippen LogP) is 3.40. The van der Waals surface area contributed by atoms with Crippen molar-refractivity contribution in [2.24, 2.45) is 5.92 Å². The predicted molar refractivity (Wildman–Crippen MR) is 119 cm³/mol. The summed E-state index contributed by atoms with van der Waals surface area (Å²) in [6, 6.07) is 4.15. The largest absolute Gasteiger partial charge is 0.495 e. The van der Waals surface area contributed by atoms with Crippen LogP contribution in [-0.4, -0.2) is 49.7 Å². The molecule has 0 fully saturated rings. The number of amides is 1. The molecule has 1 aromatic carbocycles. The van der Waals surface area contributed by atoms with Crippen molar-refractivity contribution in [2.75, 3.05) is 28.7 Å². The van der Waals surface area contributed by atoms with Gasteiger partial charge in [-0.3, -0.25) is 14.4 Å². The number of carbonyl (C=O) groups is 1. The normalized spacial score (nSPS) is 12.7. The second-order valence-electron chi connectivity index (χ2n) is 6.98. The molecule has 0 unspecified atom stereocenters. The van der Waals surface area contributed by atoms with Crippen LogP contribution in [0.5, 0.6) is 5.75 Å². The third kappa shape index (κ3) is 6.31. The Kier molecular flexibility index (Phi) is 7.89. The van der Waals surface area contributed by atoms with Gasteiger partial charge in [-0.05, 0) is 37.5 Å². The fourth-order valence-corrected chi connectivity index (χ4v) is 5.42. The van der Waals surface area contributed by atoms with Crippen molar-refractivity contribution in [2.45, 2.75) is 38.1 Å². The van der Waals surface area contributed by atoms with E-state index < -0.39 is 22.0 Å². The van der Waals surface area contributed by atoms with Crippen molar-refractivity contribution in [3.8, 4) is 5.75 Å². The van der Waals surface area contributed by atoms with Crippen LogP contribution < -0.4 is 14.4 Å². The first-order valence-corrected chi connectivity index (χ1v) is 12.6. The highest BCUT2D eigenvalue weighted by Gasteiger charge is 2.32. The maximum atomic E-state index is 12.8. The third-order valence-corrected chi connectivity index (χ3v) is 7.46. The second kappa shape index (κ2) is 9.77. The minimum absolute atomic E-state index is 0.308. The number of sulfonamides is 1. The summed E-state index contributed by atoms with van der Waals surface area (Å²) in [5, 5.41) is 11.0. The van der Waals surface area contributed by atoms with Gasteiger partial charge in [0.25, 0.3) is 0 Å². The van der Waals surface area contributed by atoms with Gasteiger partial charge >= 0.3 is 0 Å². The van der Waals surface area contributed by atoms with E-state index in [0.717, 1.165) is 26.2 Å². The smallest absolute Gasteiger partial charge is 0.249 e. The Labute approximate surface area is 180 Å². The van der Waals surface area contributed by atoms with E-state index in [-0.39, 0.29) is 0 Å². The van der Waals surface area contributed by atoms with Gasteiger partial charge in [0, 0.05) is 5.75 Å². The molecule has 2 aromatic rings. The highest BCUT2D eigenvalue weighted by molar-refractivity contribution is 8.01. The monoisotopic (exact) mass is 458 g/mol. The standard InChI is InChI=1S/C18H26N4O4S3/c1-11(2)10-27-18-21-20-17(28-18)19-16(23)13(4)22(29(6,24)25)14-9-12(3)7-8-15(14)26-5/h7-9,11,13H,10H2,1-6H3,(H,19,20,23)/t13-/m1/s1. The van der Waals surface area contributed by atoms with Gasteiger partial charge < -0.3 is 4.74 Å². The van der Waals surface area contributed by atoms with E-state index in [9.17, 15) is 13.2 Å². The lowest BCUT2D eigenvalue weighted by Crippen LogP contribution is -2.45. The highest BCUT2D eigenvalue weighted by atomic mass is 32.2. The van der Waals surface area contributed by atoms with E-state index in [2.05, 4.69) is 29.4 Å². The van der Waals surface area contributed by atoms with E-state index in [0.29, 0.717) is 22.5 Å². The zero-order valence-corrected chi connectivity index (χ0v) is 19.7. The second-order valence-corrected chi connectivity index (χ2v) is 11.1. The molecule has 1 amide bonds. The van der Waals surface area contributed by atoms with Crippen LogP contribution >= 0.6 is 23.1 Å². The Morgan fingerprint density at radius 1 is 1.31 bits per heavy atom. The van der Waals surface area contributed by atoms with E-state index in [1.807, 2.05) is 13.0 Å². The van der Waals surface area contributed by atoms with Crippen molar-refractivity contribution in [3.05, 3.63) is 23.8 Å². The molecule has 1 heterocycles. The molecule has 160 valence electrons. The molecule has 11 heteroatoms. The fraction of sp³-hybridized carbons (Fsp3) is 0.500. The summed E-state index contributed by atoms with van der Waals surface area (Å²) in [4.78, 5) is 12.8. The number of ether oxygens (including phenoxy) is 1. The van der Waals surface area contributed by atoms with E-state index in [1.54, 1.807) is 23.9 Å². The summed E-state index contributed by atoms with van der Waals surface area (Å²) in [6.07, 6.45) is 1.06. The van der Waals surface area contributed by atoms with Gasteiger partial charge in [-0.2, -0.15) is 0 Å². The first kappa shape index (κ1) is 23.4. The van der Waals surface area contributed by atoms with Crippen LogP contribution in [0.25, 0.3) is 0 Å². The van der Waals surface area contributed by atoms with Gasteiger partial charge in [-0.15, -0.1) is 10.2 Å². The number of hydrogen-bond acceptors (Lipinski definition) is 8. The van der Waals surface area contributed by atoms with E-state index >= 15 is 0 Å². The van der Waals surface area contributed by atoms with Gasteiger partial charge in [0.2, 0.25) is 21.1 Å². The average molecular weight is 459 g/mol. The summed E-state index contributed by atoms with van der Waals surface area (Å²) < 4.78 is 32.2.